The van der Waals surface area contributed by atoms with Crippen molar-refractivity contribution in [1.82, 2.24) is 5.32 Å². The van der Waals surface area contributed by atoms with Gasteiger partial charge >= 0.3 is 0 Å². The maximum atomic E-state index is 13.8. The first-order chi connectivity index (χ1) is 5.52. The lowest BCUT2D eigenvalue weighted by Gasteiger charge is -2.27. The zero-order valence-electron chi connectivity index (χ0n) is 8.36. The predicted octanol–water partition coefficient (Wildman–Crippen LogP) is 2.37. The normalized spacial score (nSPS) is 29.2. The van der Waals surface area contributed by atoms with E-state index < -0.39 is 5.67 Å². The molecule has 1 aliphatic heterocycles. The third-order valence-electron chi connectivity index (χ3n) is 3.05. The lowest BCUT2D eigenvalue weighted by molar-refractivity contribution is 0.0923. The van der Waals surface area contributed by atoms with Crippen LogP contribution in [0.2, 0.25) is 0 Å². The SMILES string of the molecule is CC(C)C(C)(F)CC1CCNC1. The summed E-state index contributed by atoms with van der Waals surface area (Å²) in [6.45, 7) is 7.73. The third kappa shape index (κ3) is 2.44. The lowest BCUT2D eigenvalue weighted by atomic mass is 9.85. The van der Waals surface area contributed by atoms with Crippen LogP contribution in [0.15, 0.2) is 0 Å². The zero-order chi connectivity index (χ0) is 9.19. The van der Waals surface area contributed by atoms with Crippen molar-refractivity contribution in [2.24, 2.45) is 11.8 Å². The Morgan fingerprint density at radius 3 is 2.67 bits per heavy atom. The van der Waals surface area contributed by atoms with Crippen LogP contribution in [0.5, 0.6) is 0 Å². The smallest absolute Gasteiger partial charge is 0.110 e. The second kappa shape index (κ2) is 3.73. The highest BCUT2D eigenvalue weighted by molar-refractivity contribution is 4.83. The fourth-order valence-electron chi connectivity index (χ4n) is 1.69. The molecule has 0 bridgehead atoms. The van der Waals surface area contributed by atoms with Crippen molar-refractivity contribution >= 4 is 0 Å². The van der Waals surface area contributed by atoms with Crippen LogP contribution in [-0.2, 0) is 0 Å². The van der Waals surface area contributed by atoms with Crippen molar-refractivity contribution in [1.29, 1.82) is 0 Å². The van der Waals surface area contributed by atoms with Crippen molar-refractivity contribution in [3.63, 3.8) is 0 Å². The van der Waals surface area contributed by atoms with E-state index in [0.29, 0.717) is 5.92 Å². The van der Waals surface area contributed by atoms with E-state index in [1.807, 2.05) is 13.8 Å². The molecule has 1 N–H and O–H groups in total. The molecule has 1 fully saturated rings. The minimum Gasteiger partial charge on any atom is -0.316 e. The predicted molar refractivity (Wildman–Crippen MR) is 49.9 cm³/mol. The quantitative estimate of drug-likeness (QED) is 0.691. The van der Waals surface area contributed by atoms with Gasteiger partial charge in [-0.15, -0.1) is 0 Å². The molecule has 2 heteroatoms. The van der Waals surface area contributed by atoms with Crippen molar-refractivity contribution in [2.75, 3.05) is 13.1 Å². The number of hydrogen-bond donors (Lipinski definition) is 1. The Bertz CT molecular complexity index is 137. The molecule has 2 atom stereocenters. The molecule has 0 saturated carbocycles. The van der Waals surface area contributed by atoms with Crippen LogP contribution in [0.1, 0.15) is 33.6 Å². The van der Waals surface area contributed by atoms with Crippen LogP contribution < -0.4 is 5.32 Å². The summed E-state index contributed by atoms with van der Waals surface area (Å²) < 4.78 is 13.8. The van der Waals surface area contributed by atoms with Crippen LogP contribution >= 0.6 is 0 Å². The third-order valence-corrected chi connectivity index (χ3v) is 3.05. The fourth-order valence-corrected chi connectivity index (χ4v) is 1.69. The van der Waals surface area contributed by atoms with E-state index >= 15 is 0 Å². The van der Waals surface area contributed by atoms with Crippen LogP contribution in [0.4, 0.5) is 4.39 Å². The van der Waals surface area contributed by atoms with Gasteiger partial charge in [0.15, 0.2) is 0 Å². The summed E-state index contributed by atoms with van der Waals surface area (Å²) in [5, 5.41) is 3.27. The first kappa shape index (κ1) is 9.97. The molecule has 1 heterocycles. The minimum absolute atomic E-state index is 0.137. The molecule has 72 valence electrons. The molecule has 0 aliphatic carbocycles. The molecule has 0 spiro atoms. The molecule has 1 nitrogen and oxygen atoms in total. The Morgan fingerprint density at radius 1 is 1.58 bits per heavy atom. The molecular formula is C10H20FN. The van der Waals surface area contributed by atoms with Gasteiger partial charge in [-0.25, -0.2) is 4.39 Å². The second-order valence-electron chi connectivity index (χ2n) is 4.50. The van der Waals surface area contributed by atoms with Gasteiger partial charge in [0.1, 0.15) is 5.67 Å². The number of hydrogen-bond acceptors (Lipinski definition) is 1. The van der Waals surface area contributed by atoms with E-state index in [-0.39, 0.29) is 5.92 Å². The van der Waals surface area contributed by atoms with Crippen molar-refractivity contribution in [3.8, 4) is 0 Å². The molecule has 1 saturated heterocycles. The van der Waals surface area contributed by atoms with Crippen molar-refractivity contribution in [3.05, 3.63) is 0 Å². The standard InChI is InChI=1S/C10H20FN/c1-8(2)10(3,11)6-9-4-5-12-7-9/h8-9,12H,4-7H2,1-3H3. The summed E-state index contributed by atoms with van der Waals surface area (Å²) in [7, 11) is 0. The maximum absolute atomic E-state index is 13.8. The Balaban J connectivity index is 2.37. The average Bonchev–Trinajstić information content (AvgIpc) is 2.38. The number of halogens is 1. The van der Waals surface area contributed by atoms with E-state index in [1.165, 1.54) is 0 Å². The monoisotopic (exact) mass is 173 g/mol. The average molecular weight is 173 g/mol. The molecule has 0 amide bonds. The van der Waals surface area contributed by atoms with Crippen molar-refractivity contribution < 1.29 is 4.39 Å². The van der Waals surface area contributed by atoms with E-state index in [4.69, 9.17) is 0 Å². The van der Waals surface area contributed by atoms with Gasteiger partial charge in [-0.1, -0.05) is 13.8 Å². The summed E-state index contributed by atoms with van der Waals surface area (Å²) in [5.74, 6) is 0.695. The van der Waals surface area contributed by atoms with Crippen LogP contribution in [0, 0.1) is 11.8 Å². The van der Waals surface area contributed by atoms with Crippen LogP contribution in [-0.4, -0.2) is 18.8 Å². The van der Waals surface area contributed by atoms with E-state index in [2.05, 4.69) is 5.32 Å². The number of alkyl halides is 1. The van der Waals surface area contributed by atoms with E-state index in [0.717, 1.165) is 25.9 Å². The first-order valence-corrected chi connectivity index (χ1v) is 4.92. The summed E-state index contributed by atoms with van der Waals surface area (Å²) in [6.07, 6.45) is 1.86. The van der Waals surface area contributed by atoms with Crippen LogP contribution in [0.25, 0.3) is 0 Å². The molecule has 1 rings (SSSR count). The van der Waals surface area contributed by atoms with E-state index in [9.17, 15) is 4.39 Å². The topological polar surface area (TPSA) is 12.0 Å². The molecule has 0 aromatic rings. The molecular weight excluding hydrogens is 153 g/mol. The molecule has 12 heavy (non-hydrogen) atoms. The van der Waals surface area contributed by atoms with Gasteiger partial charge < -0.3 is 5.32 Å². The second-order valence-corrected chi connectivity index (χ2v) is 4.50. The largest absolute Gasteiger partial charge is 0.316 e. The summed E-state index contributed by atoms with van der Waals surface area (Å²) >= 11 is 0. The highest BCUT2D eigenvalue weighted by Crippen LogP contribution is 2.31. The number of rotatable bonds is 3. The van der Waals surface area contributed by atoms with Gasteiger partial charge in [0.05, 0.1) is 0 Å². The number of nitrogens with one attached hydrogen (secondary N) is 1. The summed E-state index contributed by atoms with van der Waals surface area (Å²) in [5.41, 5.74) is -0.976. The van der Waals surface area contributed by atoms with Gasteiger partial charge in [-0.2, -0.15) is 0 Å². The minimum atomic E-state index is -0.976. The Morgan fingerprint density at radius 2 is 2.25 bits per heavy atom. The highest BCUT2D eigenvalue weighted by Gasteiger charge is 2.31. The van der Waals surface area contributed by atoms with Gasteiger partial charge in [-0.3, -0.25) is 0 Å². The summed E-state index contributed by atoms with van der Waals surface area (Å²) in [6, 6.07) is 0. The van der Waals surface area contributed by atoms with Crippen LogP contribution in [0.3, 0.4) is 0 Å². The Labute approximate surface area is 74.7 Å². The van der Waals surface area contributed by atoms with Gasteiger partial charge in [0.2, 0.25) is 0 Å². The van der Waals surface area contributed by atoms with Gasteiger partial charge in [0.25, 0.3) is 0 Å². The lowest BCUT2D eigenvalue weighted by Crippen LogP contribution is -2.29. The molecule has 2 unspecified atom stereocenters. The Hall–Kier alpha value is -0.110. The molecule has 0 aromatic carbocycles. The maximum Gasteiger partial charge on any atom is 0.110 e. The summed E-state index contributed by atoms with van der Waals surface area (Å²) in [4.78, 5) is 0. The fraction of sp³-hybridized carbons (Fsp3) is 1.00. The Kier molecular flexibility index (Phi) is 3.10. The molecule has 1 aliphatic rings. The van der Waals surface area contributed by atoms with Crippen molar-refractivity contribution in [2.45, 2.75) is 39.3 Å². The molecule has 0 radical (unpaired) electrons. The van der Waals surface area contributed by atoms with Gasteiger partial charge in [0, 0.05) is 0 Å². The molecule has 0 aromatic heterocycles. The van der Waals surface area contributed by atoms with Gasteiger partial charge in [-0.05, 0) is 44.7 Å². The zero-order valence-corrected chi connectivity index (χ0v) is 8.36. The highest BCUT2D eigenvalue weighted by atomic mass is 19.1. The van der Waals surface area contributed by atoms with E-state index in [1.54, 1.807) is 6.92 Å². The first-order valence-electron chi connectivity index (χ1n) is 4.92.